The van der Waals surface area contributed by atoms with Crippen molar-refractivity contribution in [1.82, 2.24) is 20.1 Å². The zero-order chi connectivity index (χ0) is 27.6. The number of alkyl carbamates (subject to hydrolysis) is 1. The molecule has 0 radical (unpaired) electrons. The minimum atomic E-state index is -0.599. The van der Waals surface area contributed by atoms with Crippen LogP contribution in [0.15, 0.2) is 34.9 Å². The Hall–Kier alpha value is -2.04. The fourth-order valence-corrected chi connectivity index (χ4v) is 7.46. The molecule has 2 aliphatic heterocycles. The molecule has 2 saturated heterocycles. The number of nitrogens with one attached hydrogen (secondary N) is 1. The van der Waals surface area contributed by atoms with Gasteiger partial charge in [-0.25, -0.2) is 9.78 Å². The number of carbonyl (C=O) groups excluding carboxylic acids is 2. The van der Waals surface area contributed by atoms with E-state index >= 15 is 0 Å². The minimum Gasteiger partial charge on any atom is -0.444 e. The van der Waals surface area contributed by atoms with E-state index in [9.17, 15) is 9.59 Å². The van der Waals surface area contributed by atoms with Crippen LogP contribution in [0.4, 0.5) is 10.6 Å². The second-order valence-electron chi connectivity index (χ2n) is 11.8. The highest BCUT2D eigenvalue weighted by Crippen LogP contribution is 2.33. The third-order valence-electron chi connectivity index (χ3n) is 8.03. The predicted octanol–water partition coefficient (Wildman–Crippen LogP) is 5.10. The highest BCUT2D eigenvalue weighted by Gasteiger charge is 2.38. The number of hydrogen-bond acceptors (Lipinski definition) is 7. The monoisotopic (exact) mass is 617 g/mol. The number of carbonyl (C=O) groups is 2. The van der Waals surface area contributed by atoms with Gasteiger partial charge in [-0.3, -0.25) is 9.69 Å². The number of hydrogen-bond donors (Lipinski definition) is 1. The second kappa shape index (κ2) is 12.2. The van der Waals surface area contributed by atoms with Gasteiger partial charge in [0.15, 0.2) is 0 Å². The maximum absolute atomic E-state index is 13.4. The van der Waals surface area contributed by atoms with Gasteiger partial charge >= 0.3 is 6.09 Å². The Morgan fingerprint density at radius 2 is 1.79 bits per heavy atom. The number of nitrogens with zero attached hydrogens (tertiary/aromatic N) is 4. The molecule has 1 saturated carbocycles. The van der Waals surface area contributed by atoms with Crippen molar-refractivity contribution in [1.29, 1.82) is 0 Å². The summed E-state index contributed by atoms with van der Waals surface area (Å²) in [5.74, 6) is 2.88. The molecule has 8 nitrogen and oxygen atoms in total. The zero-order valence-electron chi connectivity index (χ0n) is 23.2. The molecule has 5 rings (SSSR count). The molecule has 1 aromatic heterocycles. The summed E-state index contributed by atoms with van der Waals surface area (Å²) >= 11 is 5.36. The average Bonchev–Trinajstić information content (AvgIpc) is 3.45. The van der Waals surface area contributed by atoms with Crippen molar-refractivity contribution < 1.29 is 14.3 Å². The van der Waals surface area contributed by atoms with Gasteiger partial charge in [-0.2, -0.15) is 0 Å². The summed E-state index contributed by atoms with van der Waals surface area (Å²) in [7, 11) is 0. The normalized spacial score (nSPS) is 23.6. The second-order valence-corrected chi connectivity index (χ2v) is 13.7. The van der Waals surface area contributed by atoms with Crippen LogP contribution in [0, 0.1) is 5.92 Å². The molecular weight excluding hydrogens is 578 g/mol. The topological polar surface area (TPSA) is 78.0 Å². The number of ether oxygens (including phenoxy) is 1. The van der Waals surface area contributed by atoms with Gasteiger partial charge in [0.1, 0.15) is 22.1 Å². The number of piperazine rings is 1. The molecular formula is C29H40BrN5O3S. The molecule has 3 aliphatic rings. The number of rotatable bonds is 5. The molecule has 1 unspecified atom stereocenters. The molecule has 1 atom stereocenters. The number of thioether (sulfide) groups is 1. The lowest BCUT2D eigenvalue weighted by Gasteiger charge is -2.43. The van der Waals surface area contributed by atoms with Crippen LogP contribution < -0.4 is 10.2 Å². The predicted molar refractivity (Wildman–Crippen MR) is 161 cm³/mol. The lowest BCUT2D eigenvalue weighted by molar-refractivity contribution is -0.133. The number of halogens is 1. The van der Waals surface area contributed by atoms with Gasteiger partial charge in [0.2, 0.25) is 5.91 Å². The first-order chi connectivity index (χ1) is 18.7. The maximum Gasteiger partial charge on any atom is 0.408 e. The van der Waals surface area contributed by atoms with E-state index in [-0.39, 0.29) is 11.8 Å². The molecule has 2 amide bonds. The number of aromatic nitrogens is 1. The lowest BCUT2D eigenvalue weighted by Crippen LogP contribution is -2.55. The molecule has 0 bridgehead atoms. The number of anilines is 1. The van der Waals surface area contributed by atoms with E-state index in [1.807, 2.05) is 25.7 Å². The molecule has 10 heteroatoms. The van der Waals surface area contributed by atoms with Crippen molar-refractivity contribution in [2.75, 3.05) is 49.3 Å². The summed E-state index contributed by atoms with van der Waals surface area (Å²) in [4.78, 5) is 37.8. The van der Waals surface area contributed by atoms with Gasteiger partial charge in [0.25, 0.3) is 0 Å². The molecule has 3 fully saturated rings. The molecule has 1 aromatic carbocycles. The first-order valence-electron chi connectivity index (χ1n) is 14.1. The Morgan fingerprint density at radius 1 is 1.08 bits per heavy atom. The van der Waals surface area contributed by atoms with Crippen LogP contribution in [0.5, 0.6) is 0 Å². The Bertz CT molecular complexity index is 1170. The fraction of sp³-hybridized carbons (Fsp3) is 0.621. The number of pyridine rings is 1. The number of benzene rings is 1. The molecule has 0 spiro atoms. The van der Waals surface area contributed by atoms with Crippen LogP contribution in [-0.4, -0.2) is 88.8 Å². The van der Waals surface area contributed by atoms with Crippen LogP contribution in [0.1, 0.15) is 46.5 Å². The van der Waals surface area contributed by atoms with Crippen molar-refractivity contribution in [2.24, 2.45) is 5.92 Å². The van der Waals surface area contributed by atoms with E-state index in [0.717, 1.165) is 74.6 Å². The molecule has 1 N–H and O–H groups in total. The molecule has 3 heterocycles. The van der Waals surface area contributed by atoms with Crippen LogP contribution in [0.25, 0.3) is 10.8 Å². The van der Waals surface area contributed by atoms with Crippen molar-refractivity contribution in [3.63, 3.8) is 0 Å². The summed E-state index contributed by atoms with van der Waals surface area (Å²) in [5, 5.41) is 5.36. The zero-order valence-corrected chi connectivity index (χ0v) is 25.6. The summed E-state index contributed by atoms with van der Waals surface area (Å²) in [5.41, 5.74) is -0.599. The van der Waals surface area contributed by atoms with Crippen LogP contribution >= 0.6 is 27.7 Å². The van der Waals surface area contributed by atoms with Gasteiger partial charge in [-0.05, 0) is 79.8 Å². The highest BCUT2D eigenvalue weighted by atomic mass is 79.9. The van der Waals surface area contributed by atoms with E-state index in [4.69, 9.17) is 9.72 Å². The smallest absolute Gasteiger partial charge is 0.408 e. The quantitative estimate of drug-likeness (QED) is 0.467. The summed E-state index contributed by atoms with van der Waals surface area (Å²) in [6, 6.07) is 10.5. The SMILES string of the molecule is CC(C)(C)OC(=O)NC(C(=O)N1CCSC1)C1CCC(N2CCN(c3nc(Br)cc4ccccc34)CC2)CC1. The average molecular weight is 619 g/mol. The van der Waals surface area contributed by atoms with Crippen LogP contribution in [-0.2, 0) is 9.53 Å². The van der Waals surface area contributed by atoms with Crippen molar-refractivity contribution in [3.05, 3.63) is 34.9 Å². The molecule has 2 aromatic rings. The molecule has 39 heavy (non-hydrogen) atoms. The third-order valence-corrected chi connectivity index (χ3v) is 9.41. The Morgan fingerprint density at radius 3 is 2.46 bits per heavy atom. The van der Waals surface area contributed by atoms with Gasteiger partial charge in [-0.15, -0.1) is 11.8 Å². The van der Waals surface area contributed by atoms with E-state index in [1.165, 1.54) is 10.8 Å². The maximum atomic E-state index is 13.4. The van der Waals surface area contributed by atoms with Crippen LogP contribution in [0.2, 0.25) is 0 Å². The standard InChI is InChI=1S/C29H40BrN5O3S/c1-29(2,3)38-28(37)32-25(27(36)35-16-17-39-19-35)20-8-10-22(11-9-20)33-12-14-34(15-13-33)26-23-7-5-4-6-21(23)18-24(30)31-26/h4-7,18,20,22,25H,8-17,19H2,1-3H3,(H,32,37). The van der Waals surface area contributed by atoms with Crippen molar-refractivity contribution >= 4 is 56.3 Å². The van der Waals surface area contributed by atoms with E-state index in [0.29, 0.717) is 11.9 Å². The van der Waals surface area contributed by atoms with Gasteiger partial charge in [0, 0.05) is 49.9 Å². The largest absolute Gasteiger partial charge is 0.444 e. The number of amides is 2. The van der Waals surface area contributed by atoms with E-state index < -0.39 is 17.7 Å². The van der Waals surface area contributed by atoms with E-state index in [1.54, 1.807) is 11.8 Å². The van der Waals surface area contributed by atoms with Crippen molar-refractivity contribution in [2.45, 2.75) is 64.1 Å². The van der Waals surface area contributed by atoms with Gasteiger partial charge in [-0.1, -0.05) is 24.3 Å². The Labute approximate surface area is 244 Å². The van der Waals surface area contributed by atoms with Gasteiger partial charge < -0.3 is 19.9 Å². The van der Waals surface area contributed by atoms with Gasteiger partial charge in [0.05, 0.1) is 5.88 Å². The molecule has 1 aliphatic carbocycles. The van der Waals surface area contributed by atoms with Crippen LogP contribution in [0.3, 0.4) is 0 Å². The molecule has 212 valence electrons. The van der Waals surface area contributed by atoms with Crippen molar-refractivity contribution in [3.8, 4) is 0 Å². The number of fused-ring (bicyclic) bond motifs is 1. The Balaban J connectivity index is 1.19. The summed E-state index contributed by atoms with van der Waals surface area (Å²) in [6.07, 6.45) is 3.43. The third kappa shape index (κ3) is 7.00. The first kappa shape index (κ1) is 28.5. The lowest BCUT2D eigenvalue weighted by atomic mass is 9.80. The minimum absolute atomic E-state index is 0.0386. The summed E-state index contributed by atoms with van der Waals surface area (Å²) < 4.78 is 6.39. The fourth-order valence-electron chi connectivity index (χ4n) is 6.09. The highest BCUT2D eigenvalue weighted by molar-refractivity contribution is 9.10. The Kier molecular flexibility index (Phi) is 8.93. The summed E-state index contributed by atoms with van der Waals surface area (Å²) in [6.45, 7) is 10.2. The first-order valence-corrected chi connectivity index (χ1v) is 16.0. The van der Waals surface area contributed by atoms with E-state index in [2.05, 4.69) is 61.4 Å².